The van der Waals surface area contributed by atoms with Crippen molar-refractivity contribution < 1.29 is 8.78 Å². The monoisotopic (exact) mass is 259 g/mol. The lowest BCUT2D eigenvalue weighted by Gasteiger charge is -2.09. The zero-order valence-corrected chi connectivity index (χ0v) is 10.7. The molecule has 0 saturated carbocycles. The summed E-state index contributed by atoms with van der Waals surface area (Å²) < 4.78 is 26.0. The summed E-state index contributed by atoms with van der Waals surface area (Å²) in [7, 11) is 1.85. The molecule has 0 spiro atoms. The quantitative estimate of drug-likeness (QED) is 0.884. The van der Waals surface area contributed by atoms with Crippen LogP contribution in [0.3, 0.4) is 0 Å². The molecule has 0 saturated heterocycles. The minimum absolute atomic E-state index is 0.268. The highest BCUT2D eigenvalue weighted by molar-refractivity contribution is 5.79. The third-order valence-corrected chi connectivity index (χ3v) is 2.82. The van der Waals surface area contributed by atoms with Crippen LogP contribution in [0.4, 0.5) is 8.78 Å². The van der Waals surface area contributed by atoms with Gasteiger partial charge in [-0.15, -0.1) is 0 Å². The number of nitrogens with one attached hydrogen (secondary N) is 1. The minimum Gasteiger partial charge on any atom is -0.316 e. The predicted molar refractivity (Wildman–Crippen MR) is 73.8 cm³/mol. The Kier molecular flexibility index (Phi) is 4.42. The molecular formula is C16H15F2N. The average Bonchev–Trinajstić information content (AvgIpc) is 2.43. The second-order valence-electron chi connectivity index (χ2n) is 4.19. The van der Waals surface area contributed by atoms with Gasteiger partial charge in [-0.2, -0.15) is 0 Å². The fourth-order valence-electron chi connectivity index (χ4n) is 1.87. The predicted octanol–water partition coefficient (Wildman–Crippen LogP) is 3.62. The van der Waals surface area contributed by atoms with E-state index in [-0.39, 0.29) is 11.6 Å². The maximum Gasteiger partial charge on any atom is 0.123 e. The Labute approximate surface area is 111 Å². The Morgan fingerprint density at radius 1 is 0.895 bits per heavy atom. The summed E-state index contributed by atoms with van der Waals surface area (Å²) in [4.78, 5) is 0. The van der Waals surface area contributed by atoms with Crippen LogP contribution in [-0.2, 0) is 0 Å². The molecule has 0 fully saturated rings. The van der Waals surface area contributed by atoms with E-state index in [9.17, 15) is 8.78 Å². The van der Waals surface area contributed by atoms with Gasteiger partial charge in [-0.25, -0.2) is 8.78 Å². The van der Waals surface area contributed by atoms with Crippen LogP contribution >= 0.6 is 0 Å². The first-order valence-corrected chi connectivity index (χ1v) is 6.07. The van der Waals surface area contributed by atoms with Gasteiger partial charge in [0, 0.05) is 6.54 Å². The van der Waals surface area contributed by atoms with Gasteiger partial charge in [-0.1, -0.05) is 30.3 Å². The molecule has 0 unspecified atom stereocenters. The largest absolute Gasteiger partial charge is 0.316 e. The smallest absolute Gasteiger partial charge is 0.123 e. The summed E-state index contributed by atoms with van der Waals surface area (Å²) in [5.74, 6) is -0.536. The molecule has 0 bridgehead atoms. The molecule has 0 aliphatic heterocycles. The molecule has 0 radical (unpaired) electrons. The molecule has 0 atom stereocenters. The molecule has 0 aliphatic rings. The number of rotatable bonds is 4. The highest BCUT2D eigenvalue weighted by Crippen LogP contribution is 2.23. The molecule has 1 N–H and O–H groups in total. The van der Waals surface area contributed by atoms with E-state index in [0.717, 1.165) is 16.7 Å². The first kappa shape index (κ1) is 13.4. The molecule has 0 aliphatic carbocycles. The maximum absolute atomic E-state index is 13.0. The summed E-state index contributed by atoms with van der Waals surface area (Å²) in [6.07, 6.45) is 2.00. The van der Waals surface area contributed by atoms with Crippen molar-refractivity contribution in [2.45, 2.75) is 0 Å². The Morgan fingerprint density at radius 3 is 1.68 bits per heavy atom. The van der Waals surface area contributed by atoms with Gasteiger partial charge in [0.15, 0.2) is 0 Å². The van der Waals surface area contributed by atoms with E-state index in [1.54, 1.807) is 24.3 Å². The van der Waals surface area contributed by atoms with Gasteiger partial charge in [-0.3, -0.25) is 0 Å². The molecule has 0 aromatic heterocycles. The van der Waals surface area contributed by atoms with Crippen molar-refractivity contribution in [3.05, 3.63) is 77.4 Å². The molecule has 19 heavy (non-hydrogen) atoms. The summed E-state index contributed by atoms with van der Waals surface area (Å²) in [5, 5.41) is 3.04. The van der Waals surface area contributed by atoms with Crippen molar-refractivity contribution in [2.75, 3.05) is 13.6 Å². The highest BCUT2D eigenvalue weighted by Gasteiger charge is 2.05. The van der Waals surface area contributed by atoms with Crippen LogP contribution in [0.5, 0.6) is 0 Å². The van der Waals surface area contributed by atoms with Gasteiger partial charge >= 0.3 is 0 Å². The van der Waals surface area contributed by atoms with Gasteiger partial charge in [-0.05, 0) is 48.0 Å². The van der Waals surface area contributed by atoms with E-state index >= 15 is 0 Å². The van der Waals surface area contributed by atoms with E-state index < -0.39 is 0 Å². The van der Waals surface area contributed by atoms with Gasteiger partial charge in [0.2, 0.25) is 0 Å². The lowest BCUT2D eigenvalue weighted by Crippen LogP contribution is -2.05. The molecule has 2 rings (SSSR count). The van der Waals surface area contributed by atoms with E-state index in [1.165, 1.54) is 24.3 Å². The molecule has 0 amide bonds. The van der Waals surface area contributed by atoms with Crippen molar-refractivity contribution in [3.63, 3.8) is 0 Å². The molecule has 1 nitrogen and oxygen atoms in total. The van der Waals surface area contributed by atoms with Gasteiger partial charge in [0.1, 0.15) is 11.6 Å². The second-order valence-corrected chi connectivity index (χ2v) is 4.19. The molecule has 3 heteroatoms. The Balaban J connectivity index is 2.41. The standard InChI is InChI=1S/C16H15F2N/c1-19-11-10-16(12-2-6-14(17)7-3-12)13-4-8-15(18)9-5-13/h2-10,19H,11H2,1H3. The van der Waals surface area contributed by atoms with Crippen molar-refractivity contribution in [3.8, 4) is 0 Å². The van der Waals surface area contributed by atoms with E-state index in [4.69, 9.17) is 0 Å². The SMILES string of the molecule is CNCC=C(c1ccc(F)cc1)c1ccc(F)cc1. The summed E-state index contributed by atoms with van der Waals surface area (Å²) >= 11 is 0. The third kappa shape index (κ3) is 3.48. The number of hydrogen-bond acceptors (Lipinski definition) is 1. The summed E-state index contributed by atoms with van der Waals surface area (Å²) in [6, 6.07) is 12.6. The average molecular weight is 259 g/mol. The van der Waals surface area contributed by atoms with E-state index in [1.807, 2.05) is 13.1 Å². The summed E-state index contributed by atoms with van der Waals surface area (Å²) in [6.45, 7) is 0.685. The summed E-state index contributed by atoms with van der Waals surface area (Å²) in [5.41, 5.74) is 2.76. The van der Waals surface area contributed by atoms with Crippen molar-refractivity contribution in [1.29, 1.82) is 0 Å². The van der Waals surface area contributed by atoms with Crippen LogP contribution in [0.15, 0.2) is 54.6 Å². The lowest BCUT2D eigenvalue weighted by molar-refractivity contribution is 0.627. The van der Waals surface area contributed by atoms with Crippen molar-refractivity contribution >= 4 is 5.57 Å². The van der Waals surface area contributed by atoms with Gasteiger partial charge < -0.3 is 5.32 Å². The van der Waals surface area contributed by atoms with Crippen molar-refractivity contribution in [2.24, 2.45) is 0 Å². The number of likely N-dealkylation sites (N-methyl/N-ethyl adjacent to an activating group) is 1. The van der Waals surface area contributed by atoms with Gasteiger partial charge in [0.05, 0.1) is 0 Å². The van der Waals surface area contributed by atoms with Crippen molar-refractivity contribution in [1.82, 2.24) is 5.32 Å². The fourth-order valence-corrected chi connectivity index (χ4v) is 1.87. The highest BCUT2D eigenvalue weighted by atomic mass is 19.1. The van der Waals surface area contributed by atoms with Crippen LogP contribution < -0.4 is 5.32 Å². The van der Waals surface area contributed by atoms with E-state index in [2.05, 4.69) is 5.32 Å². The molecule has 2 aromatic rings. The second kappa shape index (κ2) is 6.25. The van der Waals surface area contributed by atoms with Crippen LogP contribution in [-0.4, -0.2) is 13.6 Å². The van der Waals surface area contributed by atoms with Crippen LogP contribution in [0.25, 0.3) is 5.57 Å². The molecule has 0 heterocycles. The zero-order chi connectivity index (χ0) is 13.7. The zero-order valence-electron chi connectivity index (χ0n) is 10.7. The van der Waals surface area contributed by atoms with Crippen LogP contribution in [0.1, 0.15) is 11.1 Å². The molecule has 2 aromatic carbocycles. The first-order chi connectivity index (χ1) is 9.20. The number of halogens is 2. The maximum atomic E-state index is 13.0. The fraction of sp³-hybridized carbons (Fsp3) is 0.125. The Hall–Kier alpha value is -2.00. The number of benzene rings is 2. The van der Waals surface area contributed by atoms with Crippen LogP contribution in [0, 0.1) is 11.6 Å². The van der Waals surface area contributed by atoms with Crippen LogP contribution in [0.2, 0.25) is 0 Å². The third-order valence-electron chi connectivity index (χ3n) is 2.82. The lowest BCUT2D eigenvalue weighted by atomic mass is 9.97. The van der Waals surface area contributed by atoms with E-state index in [0.29, 0.717) is 6.54 Å². The topological polar surface area (TPSA) is 12.0 Å². The normalized spacial score (nSPS) is 10.3. The molecule has 98 valence electrons. The number of hydrogen-bond donors (Lipinski definition) is 1. The first-order valence-electron chi connectivity index (χ1n) is 6.07. The minimum atomic E-state index is -0.268. The van der Waals surface area contributed by atoms with Gasteiger partial charge in [0.25, 0.3) is 0 Å². The molecular weight excluding hydrogens is 244 g/mol. The Bertz CT molecular complexity index is 509. The Morgan fingerprint density at radius 2 is 1.32 bits per heavy atom.